The Labute approximate surface area is 715 Å². The second-order valence-electron chi connectivity index (χ2n) is 31.9. The first-order valence-electron chi connectivity index (χ1n) is 42.1. The van der Waals surface area contributed by atoms with Crippen LogP contribution in [-0.4, -0.2) is 38.6 Å². The zero-order chi connectivity index (χ0) is 82.3. The van der Waals surface area contributed by atoms with Crippen LogP contribution in [-0.2, 0) is 0 Å². The van der Waals surface area contributed by atoms with E-state index in [1.165, 1.54) is 93.0 Å². The molecular weight excluding hydrogens is 1510 g/mol. The van der Waals surface area contributed by atoms with Crippen LogP contribution in [0.3, 0.4) is 0 Å². The highest BCUT2D eigenvalue weighted by atomic mass is 16.3. The van der Waals surface area contributed by atoms with Gasteiger partial charge in [-0.2, -0.15) is 0 Å². The first-order chi connectivity index (χ1) is 61.3. The van der Waals surface area contributed by atoms with Gasteiger partial charge in [0.25, 0.3) is 0 Å². The lowest BCUT2D eigenvalue weighted by molar-refractivity contribution is 0.669. The summed E-state index contributed by atoms with van der Waals surface area (Å²) in [6, 6.07) is 151. The summed E-state index contributed by atoms with van der Waals surface area (Å²) >= 11 is 0. The fourth-order valence-electron chi connectivity index (χ4n) is 18.5. The van der Waals surface area contributed by atoms with Gasteiger partial charge in [0.05, 0.1) is 50.2 Å². The van der Waals surface area contributed by atoms with Gasteiger partial charge in [0.1, 0.15) is 11.2 Å². The van der Waals surface area contributed by atoms with Crippen LogP contribution in [0.5, 0.6) is 0 Å². The van der Waals surface area contributed by atoms with Crippen molar-refractivity contribution in [3.63, 3.8) is 0 Å². The third-order valence-electron chi connectivity index (χ3n) is 24.5. The summed E-state index contributed by atoms with van der Waals surface area (Å²) in [5.41, 5.74) is 31.8. The number of rotatable bonds is 13. The van der Waals surface area contributed by atoms with Crippen molar-refractivity contribution >= 4 is 98.1 Å². The van der Waals surface area contributed by atoms with Crippen molar-refractivity contribution in [1.29, 1.82) is 0 Å². The predicted octanol–water partition coefficient (Wildman–Crippen LogP) is 30.0. The molecule has 0 unspecified atom stereocenters. The van der Waals surface area contributed by atoms with Crippen LogP contribution in [0.25, 0.3) is 228 Å². The van der Waals surface area contributed by atoms with Gasteiger partial charge < -0.3 is 18.1 Å². The van der Waals surface area contributed by atoms with Crippen LogP contribution in [0.2, 0.25) is 0 Å². The molecule has 6 aromatic heterocycles. The van der Waals surface area contributed by atoms with Gasteiger partial charge in [-0.15, -0.1) is 0 Å². The topological polar surface area (TPSA) is 92.4 Å². The standard InChI is InChI=1S/C61H39N5.C54H37N3O/c1-4-16-41(17-5-1)59-62-60(42-18-6-2-7-19-42)64-61(63-59)43-30-28-40(29-31-43)44-33-36-57-53(38-44)51-25-13-15-27-55(51)66(57)56-37-35-47(48-22-10-11-23-49(48)56)45-32-34-52-50-24-12-14-26-54(50)65(58(52)39-45)46-20-8-3-9-21-46;1-34-28-35(2)51(32-45(34)40-24-26-44-43-21-10-12-23-52(43)58-53(44)31-40)57-49-22-11-9-20-42(49)46-30-39(25-27-50(46)57)38-18-13-19-41(29-38)54-55-47(36-14-5-3-6-15-36)33-48(56-54)37-16-7-4-8-17-37/h1-39H;3-33H,1-2H3. The third-order valence-corrected chi connectivity index (χ3v) is 24.5. The van der Waals surface area contributed by atoms with Crippen molar-refractivity contribution in [2.75, 3.05) is 0 Å². The van der Waals surface area contributed by atoms with Crippen molar-refractivity contribution in [1.82, 2.24) is 38.6 Å². The van der Waals surface area contributed by atoms with Gasteiger partial charge in [-0.05, 0) is 178 Å². The normalized spacial score (nSPS) is 11.6. The highest BCUT2D eigenvalue weighted by molar-refractivity contribution is 6.15. The van der Waals surface area contributed by atoms with E-state index in [1.807, 2.05) is 84.9 Å². The van der Waals surface area contributed by atoms with Crippen LogP contribution in [0.4, 0.5) is 0 Å². The Morgan fingerprint density at radius 3 is 1.18 bits per heavy atom. The molecule has 0 atom stereocenters. The van der Waals surface area contributed by atoms with E-state index in [-0.39, 0.29) is 0 Å². The molecule has 0 aliphatic rings. The molecule has 24 aromatic rings. The molecule has 0 saturated heterocycles. The number of para-hydroxylation sites is 5. The van der Waals surface area contributed by atoms with E-state index in [0.717, 1.165) is 123 Å². The molecular formula is C115H76N8O. The lowest BCUT2D eigenvalue weighted by atomic mass is 9.96. The Balaban J connectivity index is 0.000000144. The fraction of sp³-hybridized carbons (Fsp3) is 0.0174. The Morgan fingerprint density at radius 2 is 0.581 bits per heavy atom. The molecule has 0 fully saturated rings. The second-order valence-corrected chi connectivity index (χ2v) is 31.9. The SMILES string of the molecule is Cc1cc(C)c(-n2c3ccccc3c3cc(-c4cccc(-c5nc(-c6ccccc6)cc(-c6ccccc6)n5)c4)ccc32)cc1-c1ccc2c(c1)oc1ccccc12.c1ccc(-c2nc(-c3ccccc3)nc(-c3ccc(-c4ccc5c(c4)c4ccccc4n5-c4ccc(-c5ccc6c7ccccc7n(-c7ccccc7)c6c5)c5ccccc45)cc3)n2)cc1. The quantitative estimate of drug-likeness (QED) is 0.114. The van der Waals surface area contributed by atoms with Gasteiger partial charge in [-0.25, -0.2) is 24.9 Å². The fourth-order valence-corrected chi connectivity index (χ4v) is 18.5. The van der Waals surface area contributed by atoms with Gasteiger partial charge in [-0.1, -0.05) is 322 Å². The number of aromatic nitrogens is 8. The average Bonchev–Trinajstić information content (AvgIpc) is 1.57. The molecule has 6 heterocycles. The first kappa shape index (κ1) is 72.7. The molecule has 0 bridgehead atoms. The minimum Gasteiger partial charge on any atom is -0.456 e. The molecule has 582 valence electrons. The van der Waals surface area contributed by atoms with Crippen molar-refractivity contribution in [2.24, 2.45) is 0 Å². The summed E-state index contributed by atoms with van der Waals surface area (Å²) in [6.45, 7) is 4.42. The number of hydrogen-bond acceptors (Lipinski definition) is 6. The molecule has 0 spiro atoms. The molecule has 18 aromatic carbocycles. The highest BCUT2D eigenvalue weighted by Gasteiger charge is 2.23. The van der Waals surface area contributed by atoms with E-state index < -0.39 is 0 Å². The Morgan fingerprint density at radius 1 is 0.185 bits per heavy atom. The summed E-state index contributed by atoms with van der Waals surface area (Å²) in [5.74, 6) is 2.64. The van der Waals surface area contributed by atoms with E-state index >= 15 is 0 Å². The van der Waals surface area contributed by atoms with E-state index in [0.29, 0.717) is 23.3 Å². The first-order valence-corrected chi connectivity index (χ1v) is 42.1. The van der Waals surface area contributed by atoms with Crippen molar-refractivity contribution in [3.8, 4) is 130 Å². The van der Waals surface area contributed by atoms with Crippen molar-refractivity contribution in [2.45, 2.75) is 13.8 Å². The summed E-state index contributed by atoms with van der Waals surface area (Å²) < 4.78 is 13.6. The van der Waals surface area contributed by atoms with Crippen LogP contribution in [0.15, 0.2) is 429 Å². The molecule has 9 heteroatoms. The molecule has 0 aliphatic heterocycles. The van der Waals surface area contributed by atoms with Crippen LogP contribution in [0, 0.1) is 13.8 Å². The summed E-state index contributed by atoms with van der Waals surface area (Å²) in [5, 5.41) is 12.0. The third kappa shape index (κ3) is 12.8. The molecule has 0 aliphatic carbocycles. The van der Waals surface area contributed by atoms with E-state index in [4.69, 9.17) is 29.3 Å². The minimum atomic E-state index is 0.641. The zero-order valence-corrected chi connectivity index (χ0v) is 67.9. The largest absolute Gasteiger partial charge is 0.456 e. The Kier molecular flexibility index (Phi) is 17.8. The highest BCUT2D eigenvalue weighted by Crippen LogP contribution is 2.45. The lowest BCUT2D eigenvalue weighted by Gasteiger charge is -2.16. The predicted molar refractivity (Wildman–Crippen MR) is 513 cm³/mol. The summed E-state index contributed by atoms with van der Waals surface area (Å²) in [6.07, 6.45) is 0. The number of hydrogen-bond donors (Lipinski definition) is 0. The molecule has 0 N–H and O–H groups in total. The Hall–Kier alpha value is -16.5. The number of furan rings is 1. The maximum absolute atomic E-state index is 6.31. The maximum Gasteiger partial charge on any atom is 0.164 e. The molecule has 0 saturated carbocycles. The molecule has 9 nitrogen and oxygen atoms in total. The molecule has 24 rings (SSSR count). The van der Waals surface area contributed by atoms with Crippen LogP contribution < -0.4 is 0 Å². The molecule has 0 amide bonds. The minimum absolute atomic E-state index is 0.641. The van der Waals surface area contributed by atoms with E-state index in [2.05, 4.69) is 367 Å². The molecule has 124 heavy (non-hydrogen) atoms. The number of benzene rings is 18. The van der Waals surface area contributed by atoms with Crippen LogP contribution in [0.1, 0.15) is 11.1 Å². The van der Waals surface area contributed by atoms with E-state index in [9.17, 15) is 0 Å². The van der Waals surface area contributed by atoms with Gasteiger partial charge in [0.2, 0.25) is 0 Å². The van der Waals surface area contributed by atoms with Gasteiger partial charge in [0.15, 0.2) is 23.3 Å². The van der Waals surface area contributed by atoms with Crippen molar-refractivity contribution < 1.29 is 4.42 Å². The smallest absolute Gasteiger partial charge is 0.164 e. The van der Waals surface area contributed by atoms with Gasteiger partial charge >= 0.3 is 0 Å². The number of nitrogens with zero attached hydrogens (tertiary/aromatic N) is 8. The lowest BCUT2D eigenvalue weighted by Crippen LogP contribution is -2.00. The monoisotopic (exact) mass is 1580 g/mol. The number of aryl methyl sites for hydroxylation is 2. The average molecular weight is 1590 g/mol. The second kappa shape index (κ2) is 30.4. The molecule has 0 radical (unpaired) electrons. The number of fused-ring (bicyclic) bond motifs is 13. The summed E-state index contributed by atoms with van der Waals surface area (Å²) in [7, 11) is 0. The maximum atomic E-state index is 6.31. The zero-order valence-electron chi connectivity index (χ0n) is 67.9. The van der Waals surface area contributed by atoms with E-state index in [1.54, 1.807) is 0 Å². The van der Waals surface area contributed by atoms with Gasteiger partial charge in [-0.3, -0.25) is 0 Å². The van der Waals surface area contributed by atoms with Crippen LogP contribution >= 0.6 is 0 Å². The Bertz CT molecular complexity index is 8180. The summed E-state index contributed by atoms with van der Waals surface area (Å²) in [4.78, 5) is 25.0. The van der Waals surface area contributed by atoms with Crippen molar-refractivity contribution in [3.05, 3.63) is 436 Å². The van der Waals surface area contributed by atoms with Gasteiger partial charge in [0, 0.05) is 93.2 Å².